The number of aliphatic hydroxyl groups is 4. The Kier molecular flexibility index (Phi) is 8.22. The zero-order valence-electron chi connectivity index (χ0n) is 24.2. The summed E-state index contributed by atoms with van der Waals surface area (Å²) in [6.45, 7) is -0.299. The summed E-state index contributed by atoms with van der Waals surface area (Å²) < 4.78 is 28.3. The molecule has 2 aliphatic rings. The van der Waals surface area contributed by atoms with Gasteiger partial charge in [-0.3, -0.25) is 4.79 Å². The number of aromatic nitrogens is 1. The maximum Gasteiger partial charge on any atom is 0.274 e. The highest BCUT2D eigenvalue weighted by molar-refractivity contribution is 6.19. The van der Waals surface area contributed by atoms with Crippen molar-refractivity contribution in [3.63, 3.8) is 0 Å². The van der Waals surface area contributed by atoms with Crippen LogP contribution in [0.25, 0.3) is 21.7 Å². The number of carbonyl (C=O) groups excluding carboxylic acids is 1. The van der Waals surface area contributed by atoms with Gasteiger partial charge in [-0.2, -0.15) is 0 Å². The molecule has 0 spiro atoms. The van der Waals surface area contributed by atoms with Crippen LogP contribution >= 0.6 is 11.6 Å². The summed E-state index contributed by atoms with van der Waals surface area (Å²) in [6.07, 6.45) is -7.30. The zero-order valence-corrected chi connectivity index (χ0v) is 24.9. The molecule has 0 saturated carbocycles. The van der Waals surface area contributed by atoms with Crippen LogP contribution in [0.3, 0.4) is 0 Å². The number of hydrogen-bond donors (Lipinski definition) is 5. The van der Waals surface area contributed by atoms with Crippen molar-refractivity contribution in [3.8, 4) is 23.0 Å². The molecule has 12 nitrogen and oxygen atoms in total. The zero-order chi connectivity index (χ0) is 31.3. The maximum absolute atomic E-state index is 14.2. The molecule has 1 amide bonds. The van der Waals surface area contributed by atoms with Crippen LogP contribution in [0.1, 0.15) is 22.0 Å². The SMILES string of the molecule is COc1cc2cc(C(=O)N3CC(CCl)c4c3cc(O[C@@H]3O[C@H](CO)[C@H](O)[C@H](O)[C@H]3O)c3ccccc43)[nH]c2c(OC)c1OC. The molecule has 44 heavy (non-hydrogen) atoms. The molecule has 0 radical (unpaired) electrons. The van der Waals surface area contributed by atoms with Gasteiger partial charge in [-0.15, -0.1) is 11.6 Å². The average Bonchev–Trinajstić information content (AvgIpc) is 3.65. The number of rotatable bonds is 8. The number of aromatic amines is 1. The number of hydrogen-bond acceptors (Lipinski definition) is 10. The third-order valence-corrected chi connectivity index (χ3v) is 8.67. The number of halogens is 1. The van der Waals surface area contributed by atoms with Gasteiger partial charge in [0.2, 0.25) is 12.0 Å². The molecule has 0 bridgehead atoms. The lowest BCUT2D eigenvalue weighted by atomic mass is 9.95. The summed E-state index contributed by atoms with van der Waals surface area (Å²) in [5.74, 6) is 1.23. The maximum atomic E-state index is 14.2. The predicted molar refractivity (Wildman–Crippen MR) is 161 cm³/mol. The smallest absolute Gasteiger partial charge is 0.274 e. The number of ether oxygens (including phenoxy) is 5. The van der Waals surface area contributed by atoms with Gasteiger partial charge < -0.3 is 54.0 Å². The Morgan fingerprint density at radius 1 is 0.977 bits per heavy atom. The van der Waals surface area contributed by atoms with Crippen LogP contribution in [0.5, 0.6) is 23.0 Å². The number of methoxy groups -OCH3 is 3. The van der Waals surface area contributed by atoms with Gasteiger partial charge in [0.15, 0.2) is 11.5 Å². The summed E-state index contributed by atoms with van der Waals surface area (Å²) in [6, 6.07) is 12.6. The molecule has 1 fully saturated rings. The van der Waals surface area contributed by atoms with E-state index in [-0.39, 0.29) is 23.5 Å². The number of anilines is 1. The van der Waals surface area contributed by atoms with Crippen molar-refractivity contribution in [2.45, 2.75) is 36.6 Å². The molecule has 234 valence electrons. The molecular weight excluding hydrogens is 596 g/mol. The van der Waals surface area contributed by atoms with Gasteiger partial charge in [0.1, 0.15) is 35.9 Å². The Labute approximate surface area is 257 Å². The summed E-state index contributed by atoms with van der Waals surface area (Å²) >= 11 is 6.45. The first kappa shape index (κ1) is 30.3. The first-order valence-electron chi connectivity index (χ1n) is 14.0. The van der Waals surface area contributed by atoms with Gasteiger partial charge in [0, 0.05) is 35.2 Å². The molecule has 1 aromatic heterocycles. The van der Waals surface area contributed by atoms with Crippen molar-refractivity contribution in [3.05, 3.63) is 53.7 Å². The number of amides is 1. The van der Waals surface area contributed by atoms with E-state index in [2.05, 4.69) is 4.98 Å². The van der Waals surface area contributed by atoms with E-state index in [1.165, 1.54) is 21.3 Å². The highest BCUT2D eigenvalue weighted by atomic mass is 35.5. The second-order valence-corrected chi connectivity index (χ2v) is 11.0. The van der Waals surface area contributed by atoms with Crippen molar-refractivity contribution in [2.75, 3.05) is 45.3 Å². The van der Waals surface area contributed by atoms with Crippen LogP contribution in [-0.2, 0) is 4.74 Å². The Morgan fingerprint density at radius 2 is 1.70 bits per heavy atom. The van der Waals surface area contributed by atoms with Crippen LogP contribution in [0.4, 0.5) is 5.69 Å². The number of benzene rings is 3. The summed E-state index contributed by atoms with van der Waals surface area (Å²) in [5.41, 5.74) is 2.27. The van der Waals surface area contributed by atoms with Crippen LogP contribution in [-0.4, -0.2) is 102 Å². The van der Waals surface area contributed by atoms with E-state index in [1.807, 2.05) is 24.3 Å². The molecule has 4 aromatic rings. The largest absolute Gasteiger partial charge is 0.493 e. The summed E-state index contributed by atoms with van der Waals surface area (Å²) in [4.78, 5) is 18.9. The highest BCUT2D eigenvalue weighted by Gasteiger charge is 2.45. The molecule has 13 heteroatoms. The summed E-state index contributed by atoms with van der Waals surface area (Å²) in [5, 5.41) is 43.0. The molecule has 5 N–H and O–H groups in total. The van der Waals surface area contributed by atoms with Crippen molar-refractivity contribution in [1.29, 1.82) is 0 Å². The van der Waals surface area contributed by atoms with Crippen LogP contribution in [0, 0.1) is 0 Å². The lowest BCUT2D eigenvalue weighted by Crippen LogP contribution is -2.60. The van der Waals surface area contributed by atoms with E-state index >= 15 is 0 Å². The van der Waals surface area contributed by atoms with Gasteiger partial charge in [0.05, 0.1) is 39.1 Å². The van der Waals surface area contributed by atoms with Gasteiger partial charge >= 0.3 is 0 Å². The standard InChI is InChI=1S/C31H33ClN2O10/c1-40-21-9-14-8-18(33-24(14)29(42-3)28(21)41-2)30(39)34-12-15(11-32)23-17-7-5-4-6-16(17)20(10-19(23)34)43-31-27(38)26(37)25(36)22(13-35)44-31/h4-10,15,22,25-27,31,33,35-38H,11-13H2,1-3H3/t15?,22-,25+,26+,27-,31-/m1/s1. The van der Waals surface area contributed by atoms with E-state index < -0.39 is 37.3 Å². The second kappa shape index (κ2) is 12.0. The van der Waals surface area contributed by atoms with Gasteiger partial charge in [-0.25, -0.2) is 0 Å². The van der Waals surface area contributed by atoms with Crippen molar-refractivity contribution in [1.82, 2.24) is 4.98 Å². The first-order valence-corrected chi connectivity index (χ1v) is 14.5. The number of nitrogens with zero attached hydrogens (tertiary/aromatic N) is 1. The minimum absolute atomic E-state index is 0.194. The number of fused-ring (bicyclic) bond motifs is 4. The Balaban J connectivity index is 1.44. The lowest BCUT2D eigenvalue weighted by Gasteiger charge is -2.39. The quantitative estimate of drug-likeness (QED) is 0.183. The molecule has 3 aromatic carbocycles. The Hall–Kier alpha value is -3.78. The first-order chi connectivity index (χ1) is 21.3. The van der Waals surface area contributed by atoms with E-state index in [0.29, 0.717) is 51.5 Å². The van der Waals surface area contributed by atoms with E-state index in [9.17, 15) is 25.2 Å². The van der Waals surface area contributed by atoms with Crippen molar-refractivity contribution in [2.24, 2.45) is 0 Å². The van der Waals surface area contributed by atoms with Crippen LogP contribution in [0.2, 0.25) is 0 Å². The molecule has 0 aliphatic carbocycles. The molecule has 2 aliphatic heterocycles. The monoisotopic (exact) mass is 628 g/mol. The van der Waals surface area contributed by atoms with Crippen LogP contribution in [0.15, 0.2) is 42.5 Å². The number of alkyl halides is 1. The van der Waals surface area contributed by atoms with Gasteiger partial charge in [-0.1, -0.05) is 24.3 Å². The minimum Gasteiger partial charge on any atom is -0.493 e. The number of carbonyl (C=O) groups is 1. The van der Waals surface area contributed by atoms with Crippen LogP contribution < -0.4 is 23.8 Å². The minimum atomic E-state index is -1.61. The van der Waals surface area contributed by atoms with Crippen molar-refractivity contribution < 1.29 is 48.9 Å². The normalized spacial score (nSPS) is 24.9. The number of aliphatic hydroxyl groups excluding tert-OH is 4. The van der Waals surface area contributed by atoms with Gasteiger partial charge in [-0.05, 0) is 23.1 Å². The number of nitrogens with one attached hydrogen (secondary N) is 1. The molecular formula is C31H33ClN2O10. The highest BCUT2D eigenvalue weighted by Crippen LogP contribution is 2.47. The third-order valence-electron chi connectivity index (χ3n) is 8.30. The summed E-state index contributed by atoms with van der Waals surface area (Å²) in [7, 11) is 4.52. The second-order valence-electron chi connectivity index (χ2n) is 10.7. The molecule has 6 rings (SSSR count). The van der Waals surface area contributed by atoms with E-state index in [4.69, 9.17) is 35.3 Å². The van der Waals surface area contributed by atoms with Crippen molar-refractivity contribution >= 4 is 44.9 Å². The lowest BCUT2D eigenvalue weighted by molar-refractivity contribution is -0.277. The Morgan fingerprint density at radius 3 is 2.36 bits per heavy atom. The molecule has 3 heterocycles. The third kappa shape index (κ3) is 4.78. The fourth-order valence-electron chi connectivity index (χ4n) is 6.12. The average molecular weight is 629 g/mol. The molecule has 1 unspecified atom stereocenters. The molecule has 1 saturated heterocycles. The fourth-order valence-corrected chi connectivity index (χ4v) is 6.38. The van der Waals surface area contributed by atoms with E-state index in [1.54, 1.807) is 23.1 Å². The molecule has 6 atom stereocenters. The van der Waals surface area contributed by atoms with Gasteiger partial charge in [0.25, 0.3) is 5.91 Å². The van der Waals surface area contributed by atoms with E-state index in [0.717, 1.165) is 10.9 Å². The predicted octanol–water partition coefficient (Wildman–Crippen LogP) is 2.51. The topological polar surface area (TPSA) is 163 Å². The number of H-pyrrole nitrogens is 1. The fraction of sp³-hybridized carbons (Fsp3) is 0.387. The Bertz CT molecular complexity index is 1710.